The molecule has 218 valence electrons. The Morgan fingerprint density at radius 1 is 1.12 bits per heavy atom. The van der Waals surface area contributed by atoms with Crippen molar-refractivity contribution < 1.29 is 33.4 Å². The second kappa shape index (κ2) is 15.0. The summed E-state index contributed by atoms with van der Waals surface area (Å²) in [5.74, 6) is -1.58. The van der Waals surface area contributed by atoms with Crippen LogP contribution in [0.1, 0.15) is 52.0 Å². The van der Waals surface area contributed by atoms with Crippen LogP contribution in [0.2, 0.25) is 0 Å². The summed E-state index contributed by atoms with van der Waals surface area (Å²) in [6.07, 6.45) is 3.77. The third-order valence-electron chi connectivity index (χ3n) is 6.90. The third kappa shape index (κ3) is 9.10. The van der Waals surface area contributed by atoms with Crippen LogP contribution in [-0.2, 0) is 35.3 Å². The van der Waals surface area contributed by atoms with Crippen LogP contribution in [0.25, 0.3) is 0 Å². The molecule has 0 spiro atoms. The monoisotopic (exact) mass is 556 g/mol. The molecule has 11 nitrogen and oxygen atoms in total. The number of esters is 1. The number of nitrogens with one attached hydrogen (secondary N) is 3. The van der Waals surface area contributed by atoms with Crippen LogP contribution in [0.3, 0.4) is 0 Å². The fourth-order valence-electron chi connectivity index (χ4n) is 4.90. The average Bonchev–Trinajstić information content (AvgIpc) is 3.49. The lowest BCUT2D eigenvalue weighted by atomic mass is 9.96. The predicted molar refractivity (Wildman–Crippen MR) is 147 cm³/mol. The highest BCUT2D eigenvalue weighted by atomic mass is 16.5. The van der Waals surface area contributed by atoms with Gasteiger partial charge in [0.25, 0.3) is 0 Å². The SMILES string of the molecule is CCOC(=O)C=C[C@H](C[C@@H]1CCNC1=O)NC(=O)[C@H](CC(C)C)N1CCC(NC(=O)OCc2ccccc2)C1=O. The number of hydrogen-bond acceptors (Lipinski definition) is 7. The Bertz CT molecular complexity index is 1080. The Hall–Kier alpha value is -3.89. The molecule has 1 aromatic carbocycles. The summed E-state index contributed by atoms with van der Waals surface area (Å²) in [6, 6.07) is 7.02. The zero-order chi connectivity index (χ0) is 29.1. The van der Waals surface area contributed by atoms with Crippen molar-refractivity contribution >= 4 is 29.8 Å². The van der Waals surface area contributed by atoms with Gasteiger partial charge in [-0.3, -0.25) is 14.4 Å². The van der Waals surface area contributed by atoms with Gasteiger partial charge in [-0.1, -0.05) is 50.3 Å². The van der Waals surface area contributed by atoms with Crippen LogP contribution in [0, 0.1) is 11.8 Å². The lowest BCUT2D eigenvalue weighted by Crippen LogP contribution is -2.52. The van der Waals surface area contributed by atoms with Crippen LogP contribution in [0.5, 0.6) is 0 Å². The molecule has 0 radical (unpaired) electrons. The number of carbonyl (C=O) groups excluding carboxylic acids is 5. The third-order valence-corrected chi connectivity index (χ3v) is 6.90. The van der Waals surface area contributed by atoms with E-state index >= 15 is 0 Å². The fraction of sp³-hybridized carbons (Fsp3) is 0.552. The van der Waals surface area contributed by atoms with Gasteiger partial charge in [0.1, 0.15) is 18.7 Å². The lowest BCUT2D eigenvalue weighted by Gasteiger charge is -2.30. The molecule has 2 saturated heterocycles. The first-order valence-electron chi connectivity index (χ1n) is 13.9. The number of likely N-dealkylation sites (tertiary alicyclic amines) is 1. The van der Waals surface area contributed by atoms with Crippen molar-refractivity contribution in [1.29, 1.82) is 0 Å². The number of hydrogen-bond donors (Lipinski definition) is 3. The molecule has 3 rings (SSSR count). The summed E-state index contributed by atoms with van der Waals surface area (Å²) in [7, 11) is 0. The van der Waals surface area contributed by atoms with Gasteiger partial charge in [-0.2, -0.15) is 0 Å². The summed E-state index contributed by atoms with van der Waals surface area (Å²) in [4.78, 5) is 64.8. The van der Waals surface area contributed by atoms with Gasteiger partial charge < -0.3 is 30.3 Å². The highest BCUT2D eigenvalue weighted by Gasteiger charge is 2.40. The number of amides is 4. The van der Waals surface area contributed by atoms with Crippen molar-refractivity contribution in [3.8, 4) is 0 Å². The maximum absolute atomic E-state index is 13.6. The van der Waals surface area contributed by atoms with Crippen molar-refractivity contribution in [3.63, 3.8) is 0 Å². The average molecular weight is 557 g/mol. The Morgan fingerprint density at radius 2 is 1.88 bits per heavy atom. The minimum atomic E-state index is -0.799. The zero-order valence-corrected chi connectivity index (χ0v) is 23.4. The van der Waals surface area contributed by atoms with Gasteiger partial charge in [0.2, 0.25) is 17.7 Å². The van der Waals surface area contributed by atoms with Gasteiger partial charge in [0, 0.05) is 31.1 Å². The molecule has 2 fully saturated rings. The molecule has 3 N–H and O–H groups in total. The van der Waals surface area contributed by atoms with Gasteiger partial charge in [-0.05, 0) is 44.1 Å². The smallest absolute Gasteiger partial charge is 0.408 e. The maximum atomic E-state index is 13.6. The summed E-state index contributed by atoms with van der Waals surface area (Å²) >= 11 is 0. The molecule has 2 aliphatic rings. The van der Waals surface area contributed by atoms with E-state index in [4.69, 9.17) is 9.47 Å². The standard InChI is InChI=1S/C29H40N4O7/c1-4-39-25(34)11-10-22(17-21-12-14-30-26(21)35)31-27(36)24(16-19(2)3)33-15-13-23(28(33)37)32-29(38)40-18-20-8-6-5-7-9-20/h5-11,19,21-24H,4,12-18H2,1-3H3,(H,30,35)(H,31,36)(H,32,38)/t21-,22+,23?,24-/m0/s1. The van der Waals surface area contributed by atoms with Crippen LogP contribution < -0.4 is 16.0 Å². The molecule has 40 heavy (non-hydrogen) atoms. The number of rotatable bonds is 13. The number of carbonyl (C=O) groups is 5. The minimum absolute atomic E-state index is 0.0788. The first kappa shape index (κ1) is 30.6. The highest BCUT2D eigenvalue weighted by Crippen LogP contribution is 2.22. The van der Waals surface area contributed by atoms with Gasteiger partial charge >= 0.3 is 12.1 Å². The molecule has 0 saturated carbocycles. The number of nitrogens with zero attached hydrogens (tertiary/aromatic N) is 1. The zero-order valence-electron chi connectivity index (χ0n) is 23.4. The maximum Gasteiger partial charge on any atom is 0.408 e. The second-order valence-corrected chi connectivity index (χ2v) is 10.5. The summed E-state index contributed by atoms with van der Waals surface area (Å²) < 4.78 is 10.2. The van der Waals surface area contributed by atoms with Crippen LogP contribution in [0.4, 0.5) is 4.79 Å². The van der Waals surface area contributed by atoms with E-state index in [1.54, 1.807) is 6.92 Å². The van der Waals surface area contributed by atoms with Crippen molar-refractivity contribution in [2.24, 2.45) is 11.8 Å². The van der Waals surface area contributed by atoms with Crippen LogP contribution in [-0.4, -0.2) is 72.5 Å². The molecular weight excluding hydrogens is 516 g/mol. The van der Waals surface area contributed by atoms with Gasteiger partial charge in [0.05, 0.1) is 6.61 Å². The van der Waals surface area contributed by atoms with E-state index in [0.29, 0.717) is 38.8 Å². The molecule has 0 bridgehead atoms. The molecule has 0 aliphatic carbocycles. The quantitative estimate of drug-likeness (QED) is 0.249. The second-order valence-electron chi connectivity index (χ2n) is 10.5. The fourth-order valence-corrected chi connectivity index (χ4v) is 4.90. The normalized spacial score (nSPS) is 20.4. The van der Waals surface area contributed by atoms with Crippen LogP contribution in [0.15, 0.2) is 42.5 Å². The number of alkyl carbamates (subject to hydrolysis) is 1. The molecule has 4 atom stereocenters. The molecule has 11 heteroatoms. The van der Waals surface area contributed by atoms with Crippen molar-refractivity contribution in [2.75, 3.05) is 19.7 Å². The van der Waals surface area contributed by atoms with Crippen molar-refractivity contribution in [2.45, 2.75) is 71.2 Å². The van der Waals surface area contributed by atoms with E-state index in [9.17, 15) is 24.0 Å². The topological polar surface area (TPSA) is 143 Å². The van der Waals surface area contributed by atoms with E-state index < -0.39 is 30.2 Å². The predicted octanol–water partition coefficient (Wildman–Crippen LogP) is 2.06. The van der Waals surface area contributed by atoms with Crippen molar-refractivity contribution in [3.05, 3.63) is 48.0 Å². The molecule has 4 amide bonds. The molecule has 2 heterocycles. The lowest BCUT2D eigenvalue weighted by molar-refractivity contribution is -0.139. The van der Waals surface area contributed by atoms with E-state index in [-0.39, 0.29) is 42.8 Å². The summed E-state index contributed by atoms with van der Waals surface area (Å²) in [5.41, 5.74) is 0.826. The number of ether oxygens (including phenoxy) is 2. The van der Waals surface area contributed by atoms with Gasteiger partial charge in [-0.15, -0.1) is 0 Å². The van der Waals surface area contributed by atoms with Gasteiger partial charge in [-0.25, -0.2) is 9.59 Å². The Labute approximate surface area is 235 Å². The minimum Gasteiger partial charge on any atom is -0.463 e. The van der Waals surface area contributed by atoms with E-state index in [1.165, 1.54) is 17.1 Å². The Balaban J connectivity index is 1.65. The molecular formula is C29H40N4O7. The van der Waals surface area contributed by atoms with Crippen molar-refractivity contribution in [1.82, 2.24) is 20.9 Å². The summed E-state index contributed by atoms with van der Waals surface area (Å²) in [6.45, 7) is 6.76. The van der Waals surface area contributed by atoms with E-state index in [2.05, 4.69) is 16.0 Å². The highest BCUT2D eigenvalue weighted by molar-refractivity contribution is 5.93. The molecule has 0 aromatic heterocycles. The summed E-state index contributed by atoms with van der Waals surface area (Å²) in [5, 5.41) is 8.35. The van der Waals surface area contributed by atoms with Crippen LogP contribution >= 0.6 is 0 Å². The Morgan fingerprint density at radius 3 is 2.52 bits per heavy atom. The number of benzene rings is 1. The first-order chi connectivity index (χ1) is 19.2. The first-order valence-corrected chi connectivity index (χ1v) is 13.9. The van der Waals surface area contributed by atoms with E-state index in [0.717, 1.165) is 5.56 Å². The Kier molecular flexibility index (Phi) is 11.5. The van der Waals surface area contributed by atoms with E-state index in [1.807, 2.05) is 44.2 Å². The van der Waals surface area contributed by atoms with Gasteiger partial charge in [0.15, 0.2) is 0 Å². The molecule has 1 aromatic rings. The molecule has 2 aliphatic heterocycles. The largest absolute Gasteiger partial charge is 0.463 e. The molecule has 1 unspecified atom stereocenters.